The molecule has 2 saturated carbocycles. The minimum Gasteiger partial charge on any atom is -0.303 e. The second-order valence-electron chi connectivity index (χ2n) is 4.76. The standard InChI is InChI=1S/C10H14N2O2/c13-9-4-8(10(14)12-9)11-7-2-5-1-6(5)3-7/h5-8,11H,1-4H2,(H,12,13,14). The lowest BCUT2D eigenvalue weighted by Crippen LogP contribution is -2.42. The number of hydrogen-bond donors (Lipinski definition) is 2. The molecule has 2 N–H and O–H groups in total. The van der Waals surface area contributed by atoms with Crippen LogP contribution in [-0.4, -0.2) is 23.9 Å². The van der Waals surface area contributed by atoms with Gasteiger partial charge in [0.05, 0.1) is 12.5 Å². The molecule has 4 heteroatoms. The molecule has 0 radical (unpaired) electrons. The first-order chi connectivity index (χ1) is 6.72. The Labute approximate surface area is 82.4 Å². The van der Waals surface area contributed by atoms with Gasteiger partial charge in [0.25, 0.3) is 0 Å². The van der Waals surface area contributed by atoms with Crippen LogP contribution in [-0.2, 0) is 9.59 Å². The summed E-state index contributed by atoms with van der Waals surface area (Å²) in [6, 6.07) is 0.213. The second kappa shape index (κ2) is 2.79. The molecule has 2 aliphatic carbocycles. The molecule has 3 atom stereocenters. The molecule has 76 valence electrons. The Kier molecular flexibility index (Phi) is 1.68. The van der Waals surface area contributed by atoms with Gasteiger partial charge in [-0.15, -0.1) is 0 Å². The predicted octanol–water partition coefficient (Wildman–Crippen LogP) is -0.210. The van der Waals surface area contributed by atoms with Crippen molar-refractivity contribution >= 4 is 11.8 Å². The number of nitrogens with one attached hydrogen (secondary N) is 2. The monoisotopic (exact) mass is 194 g/mol. The number of rotatable bonds is 2. The summed E-state index contributed by atoms with van der Waals surface area (Å²) >= 11 is 0. The van der Waals surface area contributed by atoms with Crippen LogP contribution in [0.3, 0.4) is 0 Å². The van der Waals surface area contributed by atoms with E-state index < -0.39 is 0 Å². The quantitative estimate of drug-likeness (QED) is 0.598. The molecule has 1 aliphatic heterocycles. The molecule has 3 aliphatic rings. The Balaban J connectivity index is 1.57. The summed E-state index contributed by atoms with van der Waals surface area (Å²) in [7, 11) is 0. The maximum absolute atomic E-state index is 11.3. The maximum atomic E-state index is 11.3. The molecule has 3 unspecified atom stereocenters. The zero-order valence-corrected chi connectivity index (χ0v) is 7.95. The number of amides is 2. The van der Waals surface area contributed by atoms with Crippen molar-refractivity contribution in [1.82, 2.24) is 10.6 Å². The fourth-order valence-electron chi connectivity index (χ4n) is 2.82. The van der Waals surface area contributed by atoms with Crippen LogP contribution in [0.25, 0.3) is 0 Å². The highest BCUT2D eigenvalue weighted by molar-refractivity contribution is 6.05. The fourth-order valence-corrected chi connectivity index (χ4v) is 2.82. The molecular formula is C10H14N2O2. The van der Waals surface area contributed by atoms with Crippen LogP contribution in [0, 0.1) is 11.8 Å². The van der Waals surface area contributed by atoms with Crippen molar-refractivity contribution in [3.8, 4) is 0 Å². The van der Waals surface area contributed by atoms with E-state index in [1.54, 1.807) is 0 Å². The Morgan fingerprint density at radius 3 is 2.43 bits per heavy atom. The Morgan fingerprint density at radius 1 is 1.14 bits per heavy atom. The molecule has 14 heavy (non-hydrogen) atoms. The van der Waals surface area contributed by atoms with Gasteiger partial charge in [0.15, 0.2) is 0 Å². The van der Waals surface area contributed by atoms with Crippen molar-refractivity contribution in [2.24, 2.45) is 11.8 Å². The molecule has 0 aromatic carbocycles. The Hall–Kier alpha value is -0.900. The Morgan fingerprint density at radius 2 is 1.86 bits per heavy atom. The maximum Gasteiger partial charge on any atom is 0.244 e. The lowest BCUT2D eigenvalue weighted by Gasteiger charge is -2.17. The van der Waals surface area contributed by atoms with Gasteiger partial charge in [0.2, 0.25) is 11.8 Å². The number of imide groups is 1. The lowest BCUT2D eigenvalue weighted by atomic mass is 10.1. The Bertz CT molecular complexity index is 292. The summed E-state index contributed by atoms with van der Waals surface area (Å²) in [5.41, 5.74) is 0. The molecule has 1 saturated heterocycles. The molecule has 0 bridgehead atoms. The van der Waals surface area contributed by atoms with E-state index in [1.165, 1.54) is 19.3 Å². The van der Waals surface area contributed by atoms with Crippen LogP contribution in [0.4, 0.5) is 0 Å². The molecule has 2 amide bonds. The minimum atomic E-state index is -0.259. The van der Waals surface area contributed by atoms with Gasteiger partial charge in [-0.05, 0) is 31.1 Å². The third-order valence-electron chi connectivity index (χ3n) is 3.65. The van der Waals surface area contributed by atoms with Crippen molar-refractivity contribution in [2.45, 2.75) is 37.8 Å². The van der Waals surface area contributed by atoms with Crippen LogP contribution < -0.4 is 10.6 Å². The van der Waals surface area contributed by atoms with E-state index in [2.05, 4.69) is 10.6 Å². The fraction of sp³-hybridized carbons (Fsp3) is 0.800. The van der Waals surface area contributed by atoms with Gasteiger partial charge >= 0.3 is 0 Å². The SMILES string of the molecule is O=C1CC(NC2CC3CC3C2)C(=O)N1. The van der Waals surface area contributed by atoms with Crippen LogP contribution >= 0.6 is 0 Å². The van der Waals surface area contributed by atoms with E-state index in [4.69, 9.17) is 0 Å². The third kappa shape index (κ3) is 1.34. The molecule has 0 aromatic heterocycles. The lowest BCUT2D eigenvalue weighted by molar-refractivity contribution is -0.125. The van der Waals surface area contributed by atoms with Crippen molar-refractivity contribution in [1.29, 1.82) is 0 Å². The first-order valence-corrected chi connectivity index (χ1v) is 5.32. The van der Waals surface area contributed by atoms with E-state index in [0.717, 1.165) is 11.8 Å². The zero-order chi connectivity index (χ0) is 9.71. The molecule has 0 spiro atoms. The summed E-state index contributed by atoms with van der Waals surface area (Å²) in [6.45, 7) is 0. The van der Waals surface area contributed by atoms with Gasteiger partial charge in [-0.25, -0.2) is 0 Å². The van der Waals surface area contributed by atoms with Crippen LogP contribution in [0.2, 0.25) is 0 Å². The van der Waals surface area contributed by atoms with Crippen molar-refractivity contribution in [3.05, 3.63) is 0 Å². The predicted molar refractivity (Wildman–Crippen MR) is 49.3 cm³/mol. The first kappa shape index (κ1) is 8.41. The van der Waals surface area contributed by atoms with Crippen molar-refractivity contribution in [3.63, 3.8) is 0 Å². The summed E-state index contributed by atoms with van der Waals surface area (Å²) < 4.78 is 0. The van der Waals surface area contributed by atoms with Gasteiger partial charge in [-0.2, -0.15) is 0 Å². The number of hydrogen-bond acceptors (Lipinski definition) is 3. The zero-order valence-electron chi connectivity index (χ0n) is 7.95. The summed E-state index contributed by atoms with van der Waals surface area (Å²) in [4.78, 5) is 22.2. The van der Waals surface area contributed by atoms with Gasteiger partial charge in [-0.1, -0.05) is 0 Å². The molecule has 1 heterocycles. The van der Waals surface area contributed by atoms with E-state index in [9.17, 15) is 9.59 Å². The van der Waals surface area contributed by atoms with Crippen LogP contribution in [0.15, 0.2) is 0 Å². The first-order valence-electron chi connectivity index (χ1n) is 5.32. The normalized spacial score (nSPS) is 45.1. The summed E-state index contributed by atoms with van der Waals surface area (Å²) in [5.74, 6) is 1.53. The second-order valence-corrected chi connectivity index (χ2v) is 4.76. The highest BCUT2D eigenvalue weighted by atomic mass is 16.2. The van der Waals surface area contributed by atoms with Crippen LogP contribution in [0.5, 0.6) is 0 Å². The smallest absolute Gasteiger partial charge is 0.244 e. The highest BCUT2D eigenvalue weighted by Gasteiger charge is 2.47. The molecule has 0 aromatic rings. The third-order valence-corrected chi connectivity index (χ3v) is 3.65. The minimum absolute atomic E-state index is 0.143. The highest BCUT2D eigenvalue weighted by Crippen LogP contribution is 2.51. The topological polar surface area (TPSA) is 58.2 Å². The molecule has 3 rings (SSSR count). The van der Waals surface area contributed by atoms with Gasteiger partial charge in [0, 0.05) is 6.04 Å². The van der Waals surface area contributed by atoms with E-state index in [-0.39, 0.29) is 17.9 Å². The largest absolute Gasteiger partial charge is 0.303 e. The average molecular weight is 194 g/mol. The van der Waals surface area contributed by atoms with Crippen LogP contribution in [0.1, 0.15) is 25.7 Å². The number of fused-ring (bicyclic) bond motifs is 1. The van der Waals surface area contributed by atoms with Gasteiger partial charge in [0.1, 0.15) is 0 Å². The van der Waals surface area contributed by atoms with Crippen molar-refractivity contribution in [2.75, 3.05) is 0 Å². The number of carbonyl (C=O) groups is 2. The van der Waals surface area contributed by atoms with E-state index >= 15 is 0 Å². The van der Waals surface area contributed by atoms with Gasteiger partial charge < -0.3 is 5.32 Å². The van der Waals surface area contributed by atoms with E-state index in [0.29, 0.717) is 12.5 Å². The molecule has 3 fully saturated rings. The summed E-state index contributed by atoms with van der Waals surface area (Å²) in [6.07, 6.45) is 4.10. The molecule has 4 nitrogen and oxygen atoms in total. The molecular weight excluding hydrogens is 180 g/mol. The van der Waals surface area contributed by atoms with E-state index in [1.807, 2.05) is 0 Å². The number of carbonyl (C=O) groups excluding carboxylic acids is 2. The average Bonchev–Trinajstić information content (AvgIpc) is 2.59. The summed E-state index contributed by atoms with van der Waals surface area (Å²) in [5, 5.41) is 5.61. The van der Waals surface area contributed by atoms with Gasteiger partial charge in [-0.3, -0.25) is 14.9 Å². The van der Waals surface area contributed by atoms with Crippen molar-refractivity contribution < 1.29 is 9.59 Å².